The summed E-state index contributed by atoms with van der Waals surface area (Å²) in [6, 6.07) is 16.6. The van der Waals surface area contributed by atoms with Gasteiger partial charge in [-0.25, -0.2) is 0 Å². The molecule has 1 N–H and O–H groups in total. The Hall–Kier alpha value is -1.80. The maximum Gasteiger partial charge on any atom is 0.0998 e. The van der Waals surface area contributed by atoms with Crippen LogP contribution in [0.1, 0.15) is 38.2 Å². The van der Waals surface area contributed by atoms with Crippen LogP contribution >= 0.6 is 12.4 Å². The minimum atomic E-state index is 0. The summed E-state index contributed by atoms with van der Waals surface area (Å²) in [5.41, 5.74) is 2.07. The number of halogens is 1. The SMILES string of the molecule is CCOCCNC1CC2CCC(C1)N2c1ccc(C#N)c2ccccc12.Cl. The fourth-order valence-electron chi connectivity index (χ4n) is 4.82. The summed E-state index contributed by atoms with van der Waals surface area (Å²) in [4.78, 5) is 2.64. The lowest BCUT2D eigenvalue weighted by Gasteiger charge is -2.41. The van der Waals surface area contributed by atoms with Crippen LogP contribution in [-0.2, 0) is 4.74 Å². The molecule has 0 amide bonds. The minimum Gasteiger partial charge on any atom is -0.380 e. The van der Waals surface area contributed by atoms with Crippen LogP contribution < -0.4 is 10.2 Å². The Balaban J connectivity index is 0.00000210. The molecule has 2 aromatic rings. The fraction of sp³-hybridized carbons (Fsp3) is 0.500. The molecular weight excluding hydrogens is 358 g/mol. The molecule has 0 aromatic heterocycles. The predicted molar refractivity (Wildman–Crippen MR) is 113 cm³/mol. The van der Waals surface area contributed by atoms with E-state index in [9.17, 15) is 5.26 Å². The number of nitrogens with one attached hydrogen (secondary N) is 1. The van der Waals surface area contributed by atoms with Crippen LogP contribution in [0.2, 0.25) is 0 Å². The lowest BCUT2D eigenvalue weighted by molar-refractivity contribution is 0.144. The predicted octanol–water partition coefficient (Wildman–Crippen LogP) is 4.26. The Labute approximate surface area is 167 Å². The molecule has 2 aliphatic heterocycles. The molecule has 4 nitrogen and oxygen atoms in total. The van der Waals surface area contributed by atoms with Crippen LogP contribution in [0, 0.1) is 11.3 Å². The van der Waals surface area contributed by atoms with Gasteiger partial charge >= 0.3 is 0 Å². The third kappa shape index (κ3) is 3.91. The van der Waals surface area contributed by atoms with Crippen molar-refractivity contribution in [1.82, 2.24) is 5.32 Å². The standard InChI is InChI=1S/C22H27N3O.ClH/c1-2-26-12-11-24-17-13-18-8-9-19(14-17)25(18)22-10-7-16(15-23)20-5-3-4-6-21(20)22;/h3-7,10,17-19,24H,2,8-9,11-14H2,1H3;1H. The molecule has 2 fully saturated rings. The summed E-state index contributed by atoms with van der Waals surface area (Å²) >= 11 is 0. The van der Waals surface area contributed by atoms with Gasteiger partial charge in [0.2, 0.25) is 0 Å². The van der Waals surface area contributed by atoms with Crippen molar-refractivity contribution in [1.29, 1.82) is 5.26 Å². The average Bonchev–Trinajstić information content (AvgIpc) is 2.94. The van der Waals surface area contributed by atoms with E-state index in [-0.39, 0.29) is 12.4 Å². The highest BCUT2D eigenvalue weighted by atomic mass is 35.5. The zero-order valence-corrected chi connectivity index (χ0v) is 16.7. The van der Waals surface area contributed by atoms with Crippen LogP contribution in [0.25, 0.3) is 10.8 Å². The number of ether oxygens (including phenoxy) is 1. The molecule has 2 atom stereocenters. The number of nitriles is 1. The Bertz CT molecular complexity index is 805. The highest BCUT2D eigenvalue weighted by Gasteiger charge is 2.41. The second-order valence-corrected chi connectivity index (χ2v) is 7.40. The van der Waals surface area contributed by atoms with Crippen LogP contribution in [0.15, 0.2) is 36.4 Å². The van der Waals surface area contributed by atoms with Crippen LogP contribution in [-0.4, -0.2) is 37.9 Å². The van der Waals surface area contributed by atoms with E-state index in [4.69, 9.17) is 4.74 Å². The first-order chi connectivity index (χ1) is 12.8. The zero-order valence-electron chi connectivity index (χ0n) is 15.9. The molecule has 2 heterocycles. The van der Waals surface area contributed by atoms with E-state index in [0.717, 1.165) is 30.7 Å². The van der Waals surface area contributed by atoms with Gasteiger partial charge in [-0.3, -0.25) is 0 Å². The van der Waals surface area contributed by atoms with Crippen molar-refractivity contribution >= 4 is 28.9 Å². The van der Waals surface area contributed by atoms with E-state index < -0.39 is 0 Å². The molecule has 2 bridgehead atoms. The minimum absolute atomic E-state index is 0. The molecule has 4 rings (SSSR count). The summed E-state index contributed by atoms with van der Waals surface area (Å²) in [5, 5.41) is 15.4. The number of anilines is 1. The topological polar surface area (TPSA) is 48.3 Å². The number of piperidine rings is 1. The van der Waals surface area contributed by atoms with Crippen molar-refractivity contribution in [2.45, 2.75) is 50.7 Å². The second kappa shape index (κ2) is 8.93. The summed E-state index contributed by atoms with van der Waals surface area (Å²) in [6.45, 7) is 4.57. The van der Waals surface area contributed by atoms with Gasteiger partial charge in [-0.1, -0.05) is 24.3 Å². The summed E-state index contributed by atoms with van der Waals surface area (Å²) in [7, 11) is 0. The molecule has 27 heavy (non-hydrogen) atoms. The van der Waals surface area contributed by atoms with E-state index >= 15 is 0 Å². The average molecular weight is 386 g/mol. The Morgan fingerprint density at radius 2 is 1.81 bits per heavy atom. The Kier molecular flexibility index (Phi) is 6.59. The Morgan fingerprint density at radius 1 is 1.11 bits per heavy atom. The maximum absolute atomic E-state index is 9.43. The van der Waals surface area contributed by atoms with E-state index in [1.807, 2.05) is 19.1 Å². The van der Waals surface area contributed by atoms with Gasteiger partial charge in [0.15, 0.2) is 0 Å². The number of rotatable bonds is 6. The molecule has 0 saturated carbocycles. The molecule has 144 valence electrons. The van der Waals surface area contributed by atoms with Crippen LogP contribution in [0.3, 0.4) is 0 Å². The van der Waals surface area contributed by atoms with E-state index in [2.05, 4.69) is 40.6 Å². The van der Waals surface area contributed by atoms with Crippen LogP contribution in [0.4, 0.5) is 5.69 Å². The van der Waals surface area contributed by atoms with Crippen molar-refractivity contribution < 1.29 is 4.74 Å². The molecule has 2 unspecified atom stereocenters. The van der Waals surface area contributed by atoms with Gasteiger partial charge in [0, 0.05) is 47.7 Å². The molecule has 5 heteroatoms. The molecular formula is C22H28ClN3O. The van der Waals surface area contributed by atoms with Crippen molar-refractivity contribution in [2.75, 3.05) is 24.7 Å². The third-order valence-corrected chi connectivity index (χ3v) is 5.92. The lowest BCUT2D eigenvalue weighted by Crippen LogP contribution is -2.49. The lowest BCUT2D eigenvalue weighted by atomic mass is 9.94. The first-order valence-electron chi connectivity index (χ1n) is 9.83. The largest absolute Gasteiger partial charge is 0.380 e. The van der Waals surface area contributed by atoms with Gasteiger partial charge in [0.25, 0.3) is 0 Å². The van der Waals surface area contributed by atoms with Crippen LogP contribution in [0.5, 0.6) is 0 Å². The van der Waals surface area contributed by atoms with Crippen molar-refractivity contribution in [3.63, 3.8) is 0 Å². The van der Waals surface area contributed by atoms with Crippen molar-refractivity contribution in [3.05, 3.63) is 42.0 Å². The fourth-order valence-corrected chi connectivity index (χ4v) is 4.82. The monoisotopic (exact) mass is 385 g/mol. The first kappa shape index (κ1) is 19.9. The van der Waals surface area contributed by atoms with Gasteiger partial charge in [-0.15, -0.1) is 12.4 Å². The number of benzene rings is 2. The summed E-state index contributed by atoms with van der Waals surface area (Å²) in [6.07, 6.45) is 4.92. The van der Waals surface area contributed by atoms with E-state index in [1.165, 1.54) is 36.8 Å². The number of fused-ring (bicyclic) bond motifs is 3. The van der Waals surface area contributed by atoms with Gasteiger partial charge in [-0.05, 0) is 44.7 Å². The highest BCUT2D eigenvalue weighted by molar-refractivity contribution is 5.98. The number of hydrogen-bond donors (Lipinski definition) is 1. The maximum atomic E-state index is 9.43. The zero-order chi connectivity index (χ0) is 17.9. The third-order valence-electron chi connectivity index (χ3n) is 5.92. The molecule has 2 aromatic carbocycles. The molecule has 2 saturated heterocycles. The van der Waals surface area contributed by atoms with E-state index in [1.54, 1.807) is 0 Å². The summed E-state index contributed by atoms with van der Waals surface area (Å²) in [5.74, 6) is 0. The quantitative estimate of drug-likeness (QED) is 0.755. The smallest absolute Gasteiger partial charge is 0.0998 e. The first-order valence-corrected chi connectivity index (χ1v) is 9.83. The summed E-state index contributed by atoms with van der Waals surface area (Å²) < 4.78 is 5.46. The number of hydrogen-bond acceptors (Lipinski definition) is 4. The second-order valence-electron chi connectivity index (χ2n) is 7.40. The van der Waals surface area contributed by atoms with Gasteiger partial charge in [0.05, 0.1) is 18.2 Å². The normalized spacial score (nSPS) is 23.9. The molecule has 0 spiro atoms. The van der Waals surface area contributed by atoms with Gasteiger partial charge in [-0.2, -0.15) is 5.26 Å². The molecule has 2 aliphatic rings. The molecule has 0 aliphatic carbocycles. The Morgan fingerprint density at radius 3 is 2.48 bits per heavy atom. The van der Waals surface area contributed by atoms with Crippen molar-refractivity contribution in [3.8, 4) is 6.07 Å². The van der Waals surface area contributed by atoms with Crippen molar-refractivity contribution in [2.24, 2.45) is 0 Å². The molecule has 0 radical (unpaired) electrons. The van der Waals surface area contributed by atoms with Gasteiger partial charge in [0.1, 0.15) is 0 Å². The number of nitrogens with zero attached hydrogens (tertiary/aromatic N) is 2. The van der Waals surface area contributed by atoms with Gasteiger partial charge < -0.3 is 15.0 Å². The van der Waals surface area contributed by atoms with E-state index in [0.29, 0.717) is 18.1 Å². The highest BCUT2D eigenvalue weighted by Crippen LogP contribution is 2.42.